The number of allylic oxidation sites excluding steroid dienone is 4. The van der Waals surface area contributed by atoms with Crippen molar-refractivity contribution in [2.24, 2.45) is 40.4 Å². The Hall–Kier alpha value is -0.970. The molecular formula is C23H32O4. The SMILES string of the molecule is C[C@]12CCC(=O)C=C1C=C[C@H]1[C@@H]3[C@@H]4C[C@@H]4[C@@](O)(CCC(O)O)[C@@]3(C)CC[C@@H]12. The van der Waals surface area contributed by atoms with Gasteiger partial charge >= 0.3 is 0 Å². The summed E-state index contributed by atoms with van der Waals surface area (Å²) in [6, 6.07) is 0. The monoisotopic (exact) mass is 372 g/mol. The lowest BCUT2D eigenvalue weighted by Crippen LogP contribution is -2.56. The highest BCUT2D eigenvalue weighted by molar-refractivity contribution is 5.92. The van der Waals surface area contributed by atoms with Crippen molar-refractivity contribution in [3.63, 3.8) is 0 Å². The number of carbonyl (C=O) groups excluding carboxylic acids is 1. The van der Waals surface area contributed by atoms with Crippen LogP contribution in [0.5, 0.6) is 0 Å². The normalized spacial score (nSPS) is 52.7. The fraction of sp³-hybridized carbons (Fsp3) is 0.783. The summed E-state index contributed by atoms with van der Waals surface area (Å²) in [5.41, 5.74) is 0.377. The molecule has 0 unspecified atom stereocenters. The molecule has 0 radical (unpaired) electrons. The minimum Gasteiger partial charge on any atom is -0.389 e. The van der Waals surface area contributed by atoms with Crippen molar-refractivity contribution in [1.29, 1.82) is 0 Å². The third-order valence-electron chi connectivity index (χ3n) is 9.46. The molecule has 3 saturated carbocycles. The van der Waals surface area contributed by atoms with Crippen LogP contribution in [0.3, 0.4) is 0 Å². The second-order valence-corrected chi connectivity index (χ2v) is 10.5. The number of aliphatic hydroxyl groups excluding tert-OH is 1. The van der Waals surface area contributed by atoms with E-state index < -0.39 is 11.9 Å². The second-order valence-electron chi connectivity index (χ2n) is 10.5. The molecule has 8 atom stereocenters. The summed E-state index contributed by atoms with van der Waals surface area (Å²) in [5, 5.41) is 30.5. The molecule has 5 aliphatic carbocycles. The van der Waals surface area contributed by atoms with Crippen molar-refractivity contribution < 1.29 is 20.1 Å². The molecule has 0 spiro atoms. The van der Waals surface area contributed by atoms with Gasteiger partial charge in [0.1, 0.15) is 0 Å². The largest absolute Gasteiger partial charge is 0.389 e. The molecule has 4 heteroatoms. The molecule has 0 saturated heterocycles. The van der Waals surface area contributed by atoms with Crippen LogP contribution >= 0.6 is 0 Å². The van der Waals surface area contributed by atoms with Gasteiger partial charge in [0, 0.05) is 18.3 Å². The zero-order valence-electron chi connectivity index (χ0n) is 16.4. The highest BCUT2D eigenvalue weighted by atomic mass is 16.5. The third-order valence-corrected chi connectivity index (χ3v) is 9.46. The van der Waals surface area contributed by atoms with Gasteiger partial charge in [-0.1, -0.05) is 26.0 Å². The minimum absolute atomic E-state index is 0.0844. The quantitative estimate of drug-likeness (QED) is 0.666. The van der Waals surface area contributed by atoms with E-state index in [2.05, 4.69) is 26.0 Å². The first-order valence-electron chi connectivity index (χ1n) is 10.7. The van der Waals surface area contributed by atoms with Crippen LogP contribution in [0.2, 0.25) is 0 Å². The Labute approximate surface area is 161 Å². The van der Waals surface area contributed by atoms with E-state index in [1.807, 2.05) is 6.08 Å². The number of fused-ring (bicyclic) bond motifs is 7. The Bertz CT molecular complexity index is 739. The first kappa shape index (κ1) is 18.1. The van der Waals surface area contributed by atoms with Crippen LogP contribution < -0.4 is 0 Å². The fourth-order valence-corrected chi connectivity index (χ4v) is 7.94. The summed E-state index contributed by atoms with van der Waals surface area (Å²) in [6.45, 7) is 4.61. The molecule has 0 aromatic heterocycles. The first-order valence-corrected chi connectivity index (χ1v) is 10.7. The average molecular weight is 373 g/mol. The highest BCUT2D eigenvalue weighted by Gasteiger charge is 2.75. The molecule has 4 nitrogen and oxygen atoms in total. The summed E-state index contributed by atoms with van der Waals surface area (Å²) in [6.07, 6.45) is 10.6. The summed E-state index contributed by atoms with van der Waals surface area (Å²) in [4.78, 5) is 11.9. The van der Waals surface area contributed by atoms with Gasteiger partial charge in [-0.3, -0.25) is 4.79 Å². The van der Waals surface area contributed by atoms with Gasteiger partial charge in [-0.15, -0.1) is 0 Å². The summed E-state index contributed by atoms with van der Waals surface area (Å²) in [5.74, 6) is 2.61. The fourth-order valence-electron chi connectivity index (χ4n) is 7.94. The van der Waals surface area contributed by atoms with Crippen molar-refractivity contribution >= 4 is 5.78 Å². The average Bonchev–Trinajstić information content (AvgIpc) is 3.37. The van der Waals surface area contributed by atoms with E-state index in [4.69, 9.17) is 0 Å². The molecule has 148 valence electrons. The van der Waals surface area contributed by atoms with Crippen LogP contribution in [-0.4, -0.2) is 33.0 Å². The van der Waals surface area contributed by atoms with E-state index in [9.17, 15) is 20.1 Å². The van der Waals surface area contributed by atoms with Crippen LogP contribution in [0, 0.1) is 40.4 Å². The van der Waals surface area contributed by atoms with Gasteiger partial charge in [-0.2, -0.15) is 0 Å². The lowest BCUT2D eigenvalue weighted by molar-refractivity contribution is -0.151. The topological polar surface area (TPSA) is 77.8 Å². The van der Waals surface area contributed by atoms with E-state index in [0.29, 0.717) is 42.4 Å². The van der Waals surface area contributed by atoms with Gasteiger partial charge < -0.3 is 15.3 Å². The lowest BCUT2D eigenvalue weighted by atomic mass is 9.47. The van der Waals surface area contributed by atoms with Gasteiger partial charge in [0.25, 0.3) is 0 Å². The van der Waals surface area contributed by atoms with E-state index in [1.165, 1.54) is 5.57 Å². The molecule has 0 aromatic rings. The van der Waals surface area contributed by atoms with E-state index in [0.717, 1.165) is 25.7 Å². The van der Waals surface area contributed by atoms with Crippen LogP contribution in [-0.2, 0) is 4.79 Å². The van der Waals surface area contributed by atoms with Crippen LogP contribution in [0.1, 0.15) is 58.8 Å². The van der Waals surface area contributed by atoms with Crippen molar-refractivity contribution in [3.05, 3.63) is 23.8 Å². The van der Waals surface area contributed by atoms with Crippen molar-refractivity contribution in [3.8, 4) is 0 Å². The highest BCUT2D eigenvalue weighted by Crippen LogP contribution is 2.76. The molecule has 3 fully saturated rings. The smallest absolute Gasteiger partial charge is 0.156 e. The Morgan fingerprint density at radius 3 is 2.74 bits per heavy atom. The summed E-state index contributed by atoms with van der Waals surface area (Å²) < 4.78 is 0. The molecule has 27 heavy (non-hydrogen) atoms. The zero-order chi connectivity index (χ0) is 19.2. The maximum Gasteiger partial charge on any atom is 0.156 e. The molecular weight excluding hydrogens is 340 g/mol. The molecule has 0 amide bonds. The standard InChI is InChI=1S/C23H32O4/c1-21-8-5-14(24)11-13(21)3-4-15-17(21)6-9-22(2)20(15)16-12-18(16)23(22,27)10-7-19(25)26/h3-4,11,15-20,25-27H,5-10,12H2,1-2H3/t15-,16-,17+,18+,20-,21+,22+,23+/m1/s1. The number of aliphatic hydroxyl groups is 3. The van der Waals surface area contributed by atoms with Gasteiger partial charge in [0.2, 0.25) is 0 Å². The number of hydrogen-bond donors (Lipinski definition) is 3. The Balaban J connectivity index is 1.51. The van der Waals surface area contributed by atoms with Crippen molar-refractivity contribution in [1.82, 2.24) is 0 Å². The summed E-state index contributed by atoms with van der Waals surface area (Å²) in [7, 11) is 0. The Kier molecular flexibility index (Phi) is 3.72. The predicted molar refractivity (Wildman–Crippen MR) is 101 cm³/mol. The second kappa shape index (κ2) is 5.55. The minimum atomic E-state index is -1.34. The number of ketones is 1. The third kappa shape index (κ3) is 2.24. The Morgan fingerprint density at radius 1 is 1.22 bits per heavy atom. The Morgan fingerprint density at radius 2 is 2.00 bits per heavy atom. The molecule has 0 aromatic carbocycles. The zero-order valence-corrected chi connectivity index (χ0v) is 16.4. The van der Waals surface area contributed by atoms with Crippen molar-refractivity contribution in [2.45, 2.75) is 70.7 Å². The number of carbonyl (C=O) groups is 1. The van der Waals surface area contributed by atoms with Crippen LogP contribution in [0.25, 0.3) is 0 Å². The van der Waals surface area contributed by atoms with Gasteiger partial charge in [0.05, 0.1) is 5.60 Å². The molecule has 0 bridgehead atoms. The van der Waals surface area contributed by atoms with E-state index in [-0.39, 0.29) is 23.0 Å². The first-order chi connectivity index (χ1) is 12.7. The molecule has 5 rings (SSSR count). The van der Waals surface area contributed by atoms with E-state index >= 15 is 0 Å². The van der Waals surface area contributed by atoms with Crippen molar-refractivity contribution in [2.75, 3.05) is 0 Å². The molecule has 0 aliphatic heterocycles. The van der Waals surface area contributed by atoms with Gasteiger partial charge in [-0.25, -0.2) is 0 Å². The summed E-state index contributed by atoms with van der Waals surface area (Å²) >= 11 is 0. The molecule has 0 heterocycles. The lowest BCUT2D eigenvalue weighted by Gasteiger charge is -2.58. The number of rotatable bonds is 3. The maximum absolute atomic E-state index is 11.9. The maximum atomic E-state index is 11.9. The van der Waals surface area contributed by atoms with Gasteiger partial charge in [0.15, 0.2) is 12.1 Å². The molecule has 5 aliphatic rings. The van der Waals surface area contributed by atoms with E-state index in [1.54, 1.807) is 0 Å². The number of hydrogen-bond acceptors (Lipinski definition) is 4. The van der Waals surface area contributed by atoms with Gasteiger partial charge in [-0.05, 0) is 78.8 Å². The van der Waals surface area contributed by atoms with Crippen LogP contribution in [0.4, 0.5) is 0 Å². The van der Waals surface area contributed by atoms with Crippen LogP contribution in [0.15, 0.2) is 23.8 Å². The predicted octanol–water partition coefficient (Wildman–Crippen LogP) is 2.97. The molecule has 3 N–H and O–H groups in total.